The van der Waals surface area contributed by atoms with Crippen LogP contribution >= 0.6 is 11.3 Å². The van der Waals surface area contributed by atoms with Crippen molar-refractivity contribution in [2.45, 2.75) is 6.92 Å². The van der Waals surface area contributed by atoms with Crippen LogP contribution in [0, 0.1) is 0 Å². The van der Waals surface area contributed by atoms with E-state index in [9.17, 15) is 4.79 Å². The number of anilines is 1. The lowest BCUT2D eigenvalue weighted by Gasteiger charge is -2.21. The molecule has 1 heterocycles. The number of hydrogen-bond acceptors (Lipinski definition) is 8. The number of ether oxygens (including phenoxy) is 4. The van der Waals surface area contributed by atoms with Crippen molar-refractivity contribution in [1.29, 1.82) is 0 Å². The zero-order valence-corrected chi connectivity index (χ0v) is 18.8. The van der Waals surface area contributed by atoms with Gasteiger partial charge in [0, 0.05) is 12.7 Å². The fraction of sp³-hybridized carbons (Fsp3) is 0.318. The Morgan fingerprint density at radius 3 is 2.45 bits per heavy atom. The van der Waals surface area contributed by atoms with Crippen LogP contribution in [-0.4, -0.2) is 57.2 Å². The Kier molecular flexibility index (Phi) is 7.80. The summed E-state index contributed by atoms with van der Waals surface area (Å²) in [5, 5.41) is 9.71. The summed E-state index contributed by atoms with van der Waals surface area (Å²) >= 11 is 1.32. The molecule has 0 fully saturated rings. The molecule has 0 aliphatic carbocycles. The van der Waals surface area contributed by atoms with Crippen LogP contribution in [0.4, 0.5) is 5.13 Å². The van der Waals surface area contributed by atoms with E-state index in [4.69, 9.17) is 18.9 Å². The Morgan fingerprint density at radius 1 is 1.03 bits per heavy atom. The first kappa shape index (κ1) is 22.5. The highest BCUT2D eigenvalue weighted by atomic mass is 32.1. The third-order valence-electron chi connectivity index (χ3n) is 4.46. The minimum absolute atomic E-state index is 0.276. The fourth-order valence-corrected chi connectivity index (χ4v) is 3.84. The number of rotatable bonds is 10. The number of nitrogens with zero attached hydrogens (tertiary/aromatic N) is 3. The summed E-state index contributed by atoms with van der Waals surface area (Å²) in [6.45, 7) is 3.20. The normalized spacial score (nSPS) is 10.6. The van der Waals surface area contributed by atoms with E-state index in [1.807, 2.05) is 31.2 Å². The monoisotopic (exact) mass is 443 g/mol. The molecule has 0 N–H and O–H groups in total. The highest BCUT2D eigenvalue weighted by Crippen LogP contribution is 2.34. The lowest BCUT2D eigenvalue weighted by atomic mass is 10.1. The van der Waals surface area contributed by atoms with Gasteiger partial charge in [-0.25, -0.2) is 0 Å². The van der Waals surface area contributed by atoms with Gasteiger partial charge in [-0.05, 0) is 43.3 Å². The first-order valence-electron chi connectivity index (χ1n) is 9.71. The van der Waals surface area contributed by atoms with Crippen LogP contribution in [0.3, 0.4) is 0 Å². The molecule has 0 spiro atoms. The zero-order valence-electron chi connectivity index (χ0n) is 18.0. The Labute approximate surface area is 185 Å². The Balaban J connectivity index is 1.92. The van der Waals surface area contributed by atoms with Gasteiger partial charge in [0.1, 0.15) is 10.8 Å². The minimum Gasteiger partial charge on any atom is -0.494 e. The minimum atomic E-state index is -0.276. The van der Waals surface area contributed by atoms with Crippen molar-refractivity contribution in [3.05, 3.63) is 48.0 Å². The van der Waals surface area contributed by atoms with Gasteiger partial charge in [0.05, 0.1) is 39.5 Å². The second-order valence-corrected chi connectivity index (χ2v) is 7.29. The van der Waals surface area contributed by atoms with Gasteiger partial charge in [0.25, 0.3) is 5.91 Å². The predicted molar refractivity (Wildman–Crippen MR) is 120 cm³/mol. The highest BCUT2D eigenvalue weighted by Gasteiger charge is 2.26. The van der Waals surface area contributed by atoms with Gasteiger partial charge in [0.15, 0.2) is 11.5 Å². The van der Waals surface area contributed by atoms with E-state index < -0.39 is 0 Å². The lowest BCUT2D eigenvalue weighted by molar-refractivity contribution is 0.0972. The van der Waals surface area contributed by atoms with Crippen LogP contribution in [0.2, 0.25) is 0 Å². The highest BCUT2D eigenvalue weighted by molar-refractivity contribution is 7.18. The number of aromatic nitrogens is 2. The maximum atomic E-state index is 13.4. The van der Waals surface area contributed by atoms with Crippen LogP contribution in [0.1, 0.15) is 17.3 Å². The largest absolute Gasteiger partial charge is 0.494 e. The average molecular weight is 444 g/mol. The molecule has 0 atom stereocenters. The van der Waals surface area contributed by atoms with E-state index in [0.717, 1.165) is 11.3 Å². The van der Waals surface area contributed by atoms with E-state index in [2.05, 4.69) is 10.2 Å². The number of benzene rings is 2. The van der Waals surface area contributed by atoms with Gasteiger partial charge in [-0.3, -0.25) is 9.69 Å². The number of methoxy groups -OCH3 is 3. The molecule has 0 aliphatic heterocycles. The van der Waals surface area contributed by atoms with E-state index in [-0.39, 0.29) is 5.91 Å². The molecular formula is C22H25N3O5S. The van der Waals surface area contributed by atoms with Crippen LogP contribution in [0.15, 0.2) is 42.5 Å². The maximum Gasteiger partial charge on any atom is 0.264 e. The van der Waals surface area contributed by atoms with Gasteiger partial charge in [-0.2, -0.15) is 0 Å². The lowest BCUT2D eigenvalue weighted by Crippen LogP contribution is -2.34. The van der Waals surface area contributed by atoms with E-state index in [1.165, 1.54) is 30.5 Å². The number of amides is 1. The molecule has 1 aromatic heterocycles. The van der Waals surface area contributed by atoms with Gasteiger partial charge in [0.2, 0.25) is 5.13 Å². The van der Waals surface area contributed by atoms with Crippen molar-refractivity contribution in [3.8, 4) is 27.8 Å². The standard InChI is InChI=1S/C22H25N3O5S/c1-5-30-16-11-9-15(10-12-16)20-23-24-22(31-20)25(13-14-27-2)21(26)17-7-6-8-18(28-3)19(17)29-4/h6-12H,5,13-14H2,1-4H3. The molecular weight excluding hydrogens is 418 g/mol. The maximum absolute atomic E-state index is 13.4. The molecule has 0 saturated carbocycles. The van der Waals surface area contributed by atoms with E-state index >= 15 is 0 Å². The van der Waals surface area contributed by atoms with Crippen molar-refractivity contribution < 1.29 is 23.7 Å². The smallest absolute Gasteiger partial charge is 0.264 e. The summed E-state index contributed by atoms with van der Waals surface area (Å²) in [4.78, 5) is 15.0. The molecule has 0 radical (unpaired) electrons. The van der Waals surface area contributed by atoms with E-state index in [1.54, 1.807) is 25.3 Å². The third kappa shape index (κ3) is 5.12. The molecule has 0 unspecified atom stereocenters. The quantitative estimate of drug-likeness (QED) is 0.470. The number of para-hydroxylation sites is 1. The van der Waals surface area contributed by atoms with Crippen LogP contribution in [0.25, 0.3) is 10.6 Å². The summed E-state index contributed by atoms with van der Waals surface area (Å²) in [5.41, 5.74) is 1.26. The molecule has 9 heteroatoms. The molecule has 0 bridgehead atoms. The average Bonchev–Trinajstić information content (AvgIpc) is 3.29. The van der Waals surface area contributed by atoms with Crippen LogP contribution in [-0.2, 0) is 4.74 Å². The molecule has 3 rings (SSSR count). The van der Waals surface area contributed by atoms with Crippen LogP contribution in [0.5, 0.6) is 17.2 Å². The van der Waals surface area contributed by atoms with Crippen molar-refractivity contribution in [3.63, 3.8) is 0 Å². The molecule has 3 aromatic rings. The van der Waals surface area contributed by atoms with Gasteiger partial charge >= 0.3 is 0 Å². The summed E-state index contributed by atoms with van der Waals surface area (Å²) in [6, 6.07) is 12.8. The Morgan fingerprint density at radius 2 is 1.81 bits per heavy atom. The number of hydrogen-bond donors (Lipinski definition) is 0. The van der Waals surface area contributed by atoms with Crippen molar-refractivity contribution in [2.24, 2.45) is 0 Å². The number of carbonyl (C=O) groups is 1. The second-order valence-electron chi connectivity index (χ2n) is 6.34. The molecule has 1 amide bonds. The molecule has 0 saturated heterocycles. The first-order chi connectivity index (χ1) is 15.1. The summed E-state index contributed by atoms with van der Waals surface area (Å²) in [7, 11) is 4.62. The molecule has 0 aliphatic rings. The van der Waals surface area contributed by atoms with Gasteiger partial charge < -0.3 is 18.9 Å². The number of carbonyl (C=O) groups excluding carboxylic acids is 1. The molecule has 31 heavy (non-hydrogen) atoms. The Bertz CT molecular complexity index is 1010. The Hall–Kier alpha value is -3.17. The third-order valence-corrected chi connectivity index (χ3v) is 5.45. The topological polar surface area (TPSA) is 83.0 Å². The second kappa shape index (κ2) is 10.7. The zero-order chi connectivity index (χ0) is 22.2. The first-order valence-corrected chi connectivity index (χ1v) is 10.5. The molecule has 164 valence electrons. The molecule has 2 aromatic carbocycles. The SMILES string of the molecule is CCOc1ccc(-c2nnc(N(CCOC)C(=O)c3cccc(OC)c3OC)s2)cc1. The molecule has 8 nitrogen and oxygen atoms in total. The predicted octanol–water partition coefficient (Wildman–Crippen LogP) is 3.91. The van der Waals surface area contributed by atoms with Crippen molar-refractivity contribution in [2.75, 3.05) is 46.0 Å². The summed E-state index contributed by atoms with van der Waals surface area (Å²) in [5.74, 6) is 1.36. The fourth-order valence-electron chi connectivity index (χ4n) is 2.97. The van der Waals surface area contributed by atoms with E-state index in [0.29, 0.717) is 47.0 Å². The van der Waals surface area contributed by atoms with Crippen molar-refractivity contribution >= 4 is 22.4 Å². The van der Waals surface area contributed by atoms with Gasteiger partial charge in [-0.1, -0.05) is 17.4 Å². The summed E-state index contributed by atoms with van der Waals surface area (Å²) < 4.78 is 21.4. The van der Waals surface area contributed by atoms with Gasteiger partial charge in [-0.15, -0.1) is 10.2 Å². The van der Waals surface area contributed by atoms with Crippen LogP contribution < -0.4 is 19.1 Å². The van der Waals surface area contributed by atoms with Crippen molar-refractivity contribution in [1.82, 2.24) is 10.2 Å². The summed E-state index contributed by atoms with van der Waals surface area (Å²) in [6.07, 6.45) is 0.